The summed E-state index contributed by atoms with van der Waals surface area (Å²) in [7, 11) is 3.12. The lowest BCUT2D eigenvalue weighted by atomic mass is 10.2. The van der Waals surface area contributed by atoms with Crippen molar-refractivity contribution in [1.29, 1.82) is 0 Å². The minimum atomic E-state index is -0.299. The third-order valence-electron chi connectivity index (χ3n) is 3.64. The number of hydrogen-bond donors (Lipinski definition) is 2. The molecule has 8 nitrogen and oxygen atoms in total. The Balaban J connectivity index is 1.64. The number of aromatic nitrogens is 3. The van der Waals surface area contributed by atoms with Crippen molar-refractivity contribution in [3.63, 3.8) is 0 Å². The van der Waals surface area contributed by atoms with E-state index in [0.29, 0.717) is 28.0 Å². The largest absolute Gasteiger partial charge is 0.497 e. The fraction of sp³-hybridized carbons (Fsp3) is 0.176. The minimum Gasteiger partial charge on any atom is -0.497 e. The second kappa shape index (κ2) is 7.00. The van der Waals surface area contributed by atoms with Crippen LogP contribution in [0.3, 0.4) is 0 Å². The van der Waals surface area contributed by atoms with Crippen LogP contribution in [-0.4, -0.2) is 52.8 Å². The van der Waals surface area contributed by atoms with Crippen LogP contribution in [0.5, 0.6) is 5.75 Å². The Kier molecular flexibility index (Phi) is 4.60. The molecule has 0 fully saturated rings. The first kappa shape index (κ1) is 16.4. The van der Waals surface area contributed by atoms with E-state index in [1.165, 1.54) is 4.90 Å². The smallest absolute Gasteiger partial charge is 0.254 e. The van der Waals surface area contributed by atoms with Crippen LogP contribution >= 0.6 is 0 Å². The van der Waals surface area contributed by atoms with Gasteiger partial charge in [-0.05, 0) is 30.3 Å². The van der Waals surface area contributed by atoms with Gasteiger partial charge in [0.25, 0.3) is 5.91 Å². The van der Waals surface area contributed by atoms with Gasteiger partial charge in [-0.3, -0.25) is 9.59 Å². The van der Waals surface area contributed by atoms with Crippen molar-refractivity contribution in [2.75, 3.05) is 26.0 Å². The zero-order chi connectivity index (χ0) is 17.8. The Bertz CT molecular complexity index is 921. The van der Waals surface area contributed by atoms with Gasteiger partial charge >= 0.3 is 0 Å². The minimum absolute atomic E-state index is 0.0765. The number of amides is 2. The van der Waals surface area contributed by atoms with Crippen LogP contribution in [0, 0.1) is 0 Å². The van der Waals surface area contributed by atoms with Crippen molar-refractivity contribution in [3.8, 4) is 5.75 Å². The van der Waals surface area contributed by atoms with Gasteiger partial charge in [0.1, 0.15) is 16.8 Å². The van der Waals surface area contributed by atoms with Crippen LogP contribution in [0.1, 0.15) is 10.4 Å². The molecule has 1 heterocycles. The van der Waals surface area contributed by atoms with Crippen molar-refractivity contribution < 1.29 is 14.3 Å². The maximum Gasteiger partial charge on any atom is 0.254 e. The highest BCUT2D eigenvalue weighted by Crippen LogP contribution is 2.17. The number of methoxy groups -OCH3 is 1. The van der Waals surface area contributed by atoms with Gasteiger partial charge in [-0.1, -0.05) is 6.07 Å². The molecule has 0 radical (unpaired) electrons. The molecule has 2 amide bonds. The average Bonchev–Trinajstić information content (AvgIpc) is 3.08. The molecule has 0 aliphatic rings. The molecule has 3 rings (SSSR count). The van der Waals surface area contributed by atoms with Gasteiger partial charge in [-0.15, -0.1) is 0 Å². The lowest BCUT2D eigenvalue weighted by Gasteiger charge is -2.17. The monoisotopic (exact) mass is 339 g/mol. The summed E-state index contributed by atoms with van der Waals surface area (Å²) >= 11 is 0. The Morgan fingerprint density at radius 2 is 1.96 bits per heavy atom. The number of nitrogens with zero attached hydrogens (tertiary/aromatic N) is 3. The molecule has 8 heteroatoms. The Hall–Kier alpha value is -3.42. The molecule has 1 aromatic heterocycles. The van der Waals surface area contributed by atoms with Crippen LogP contribution in [-0.2, 0) is 4.79 Å². The first-order chi connectivity index (χ1) is 12.1. The van der Waals surface area contributed by atoms with Crippen LogP contribution in [0.25, 0.3) is 11.0 Å². The number of hydrogen-bond acceptors (Lipinski definition) is 5. The number of likely N-dealkylation sites (N-methyl/N-ethyl adjacent to an activating group) is 1. The highest BCUT2D eigenvalue weighted by Gasteiger charge is 2.16. The summed E-state index contributed by atoms with van der Waals surface area (Å²) in [5.74, 6) is 0.0699. The normalized spacial score (nSPS) is 10.5. The van der Waals surface area contributed by atoms with Gasteiger partial charge in [0.2, 0.25) is 5.91 Å². The fourth-order valence-corrected chi connectivity index (χ4v) is 2.38. The van der Waals surface area contributed by atoms with Gasteiger partial charge in [-0.25, -0.2) is 0 Å². The number of aromatic amines is 1. The van der Waals surface area contributed by atoms with Gasteiger partial charge in [0, 0.05) is 24.4 Å². The third kappa shape index (κ3) is 3.74. The summed E-state index contributed by atoms with van der Waals surface area (Å²) in [5.41, 5.74) is 2.32. The van der Waals surface area contributed by atoms with Crippen LogP contribution in [0.15, 0.2) is 42.5 Å². The lowest BCUT2D eigenvalue weighted by Crippen LogP contribution is -2.34. The number of rotatable bonds is 5. The van der Waals surface area contributed by atoms with E-state index in [2.05, 4.69) is 20.7 Å². The number of carbonyl (C=O) groups excluding carboxylic acids is 2. The Labute approximate surface area is 143 Å². The maximum atomic E-state index is 12.5. The molecule has 0 bridgehead atoms. The standard InChI is InChI=1S/C17H17N5O3/c1-22(10-16(23)18-12-4-3-5-13(9-12)25-2)17(24)11-6-7-14-15(8-11)20-21-19-14/h3-9H,10H2,1-2H3,(H,18,23)(H,19,20,21). The van der Waals surface area contributed by atoms with Gasteiger partial charge in [0.15, 0.2) is 0 Å². The van der Waals surface area contributed by atoms with E-state index in [4.69, 9.17) is 4.74 Å². The summed E-state index contributed by atoms with van der Waals surface area (Å²) in [6.07, 6.45) is 0. The molecular formula is C17H17N5O3. The predicted molar refractivity (Wildman–Crippen MR) is 92.5 cm³/mol. The SMILES string of the molecule is COc1cccc(NC(=O)CN(C)C(=O)c2ccc3n[nH]nc3c2)c1. The lowest BCUT2D eigenvalue weighted by molar-refractivity contribution is -0.116. The fourth-order valence-electron chi connectivity index (χ4n) is 2.38. The summed E-state index contributed by atoms with van der Waals surface area (Å²) in [6.45, 7) is -0.0765. The highest BCUT2D eigenvalue weighted by atomic mass is 16.5. The van der Waals surface area contributed by atoms with Crippen molar-refractivity contribution >= 4 is 28.5 Å². The van der Waals surface area contributed by atoms with Gasteiger partial charge < -0.3 is 15.0 Å². The number of anilines is 1. The number of benzene rings is 2. The van der Waals surface area contributed by atoms with E-state index in [1.807, 2.05) is 0 Å². The van der Waals surface area contributed by atoms with E-state index >= 15 is 0 Å². The highest BCUT2D eigenvalue weighted by molar-refractivity contribution is 6.00. The van der Waals surface area contributed by atoms with Crippen molar-refractivity contribution in [2.24, 2.45) is 0 Å². The molecule has 0 spiro atoms. The molecule has 25 heavy (non-hydrogen) atoms. The number of H-pyrrole nitrogens is 1. The Morgan fingerprint density at radius 1 is 1.16 bits per heavy atom. The van der Waals surface area contributed by atoms with Gasteiger partial charge in [0.05, 0.1) is 13.7 Å². The zero-order valence-electron chi connectivity index (χ0n) is 13.8. The van der Waals surface area contributed by atoms with Crippen LogP contribution < -0.4 is 10.1 Å². The van der Waals surface area contributed by atoms with E-state index in [-0.39, 0.29) is 18.4 Å². The molecule has 0 aliphatic heterocycles. The predicted octanol–water partition coefficient (Wildman–Crippen LogP) is 1.68. The second-order valence-corrected chi connectivity index (χ2v) is 5.47. The molecule has 0 unspecified atom stereocenters. The number of nitrogens with one attached hydrogen (secondary N) is 2. The number of fused-ring (bicyclic) bond motifs is 1. The van der Waals surface area contributed by atoms with Crippen LogP contribution in [0.2, 0.25) is 0 Å². The molecular weight excluding hydrogens is 322 g/mol. The molecule has 3 aromatic rings. The quantitative estimate of drug-likeness (QED) is 0.736. The first-order valence-corrected chi connectivity index (χ1v) is 7.57. The number of carbonyl (C=O) groups is 2. The van der Waals surface area contributed by atoms with Gasteiger partial charge in [-0.2, -0.15) is 15.4 Å². The van der Waals surface area contributed by atoms with E-state index < -0.39 is 0 Å². The van der Waals surface area contributed by atoms with E-state index in [9.17, 15) is 9.59 Å². The number of ether oxygens (including phenoxy) is 1. The first-order valence-electron chi connectivity index (χ1n) is 7.57. The molecule has 0 saturated heterocycles. The second-order valence-electron chi connectivity index (χ2n) is 5.47. The Morgan fingerprint density at radius 3 is 2.76 bits per heavy atom. The zero-order valence-corrected chi connectivity index (χ0v) is 13.8. The van der Waals surface area contributed by atoms with E-state index in [1.54, 1.807) is 56.6 Å². The van der Waals surface area contributed by atoms with Crippen molar-refractivity contribution in [3.05, 3.63) is 48.0 Å². The van der Waals surface area contributed by atoms with E-state index in [0.717, 1.165) is 0 Å². The molecule has 2 N–H and O–H groups in total. The summed E-state index contributed by atoms with van der Waals surface area (Å²) in [4.78, 5) is 26.0. The summed E-state index contributed by atoms with van der Waals surface area (Å²) in [5, 5.41) is 13.1. The average molecular weight is 339 g/mol. The summed E-state index contributed by atoms with van der Waals surface area (Å²) < 4.78 is 5.11. The molecule has 0 saturated carbocycles. The molecule has 128 valence electrons. The molecule has 0 aliphatic carbocycles. The summed E-state index contributed by atoms with van der Waals surface area (Å²) in [6, 6.07) is 12.0. The molecule has 0 atom stereocenters. The third-order valence-corrected chi connectivity index (χ3v) is 3.64. The van der Waals surface area contributed by atoms with Crippen molar-refractivity contribution in [1.82, 2.24) is 20.3 Å². The van der Waals surface area contributed by atoms with Crippen LogP contribution in [0.4, 0.5) is 5.69 Å². The maximum absolute atomic E-state index is 12.5. The molecule has 2 aromatic carbocycles. The van der Waals surface area contributed by atoms with Crippen molar-refractivity contribution in [2.45, 2.75) is 0 Å². The topological polar surface area (TPSA) is 100 Å².